The molecular weight excluding hydrogens is 362 g/mol. The zero-order valence-electron chi connectivity index (χ0n) is 15.8. The molecule has 0 spiro atoms. The smallest absolute Gasteiger partial charge is 0.340 e. The predicted octanol–water partition coefficient (Wildman–Crippen LogP) is 4.90. The molecular formula is C22H24ClNO3. The largest absolute Gasteiger partial charge is 0.465 e. The lowest BCUT2D eigenvalue weighted by Crippen LogP contribution is -2.26. The van der Waals surface area contributed by atoms with E-state index in [1.165, 1.54) is 25.5 Å². The summed E-state index contributed by atoms with van der Waals surface area (Å²) in [4.78, 5) is 27.1. The molecule has 0 saturated heterocycles. The minimum Gasteiger partial charge on any atom is -0.465 e. The van der Waals surface area contributed by atoms with Crippen molar-refractivity contribution in [2.45, 2.75) is 39.0 Å². The van der Waals surface area contributed by atoms with E-state index in [0.29, 0.717) is 28.4 Å². The Bertz CT molecular complexity index is 834. The van der Waals surface area contributed by atoms with Gasteiger partial charge in [0.25, 0.3) is 5.91 Å². The first-order chi connectivity index (χ1) is 13.0. The number of hydrogen-bond donors (Lipinski definition) is 0. The highest BCUT2D eigenvalue weighted by molar-refractivity contribution is 6.30. The summed E-state index contributed by atoms with van der Waals surface area (Å²) < 4.78 is 4.93. The summed E-state index contributed by atoms with van der Waals surface area (Å²) in [5, 5.41) is 0.622. The number of rotatable bonds is 5. The first-order valence-corrected chi connectivity index (χ1v) is 9.65. The Morgan fingerprint density at radius 2 is 2.00 bits per heavy atom. The van der Waals surface area contributed by atoms with Gasteiger partial charge in [0.2, 0.25) is 0 Å². The SMILES string of the molecule is COC(=O)C1=C(C)N(CCC2=CCCCC2)C(=O)C1=Cc1ccc(Cl)cc1. The van der Waals surface area contributed by atoms with Gasteiger partial charge in [0.05, 0.1) is 18.3 Å². The van der Waals surface area contributed by atoms with Gasteiger partial charge < -0.3 is 9.64 Å². The average molecular weight is 386 g/mol. The Balaban J connectivity index is 1.88. The molecule has 1 heterocycles. The molecule has 3 rings (SSSR count). The molecule has 27 heavy (non-hydrogen) atoms. The van der Waals surface area contributed by atoms with Gasteiger partial charge in [-0.25, -0.2) is 4.79 Å². The molecule has 0 atom stereocenters. The Kier molecular flexibility index (Phi) is 6.17. The third kappa shape index (κ3) is 4.33. The highest BCUT2D eigenvalue weighted by atomic mass is 35.5. The second-order valence-electron chi connectivity index (χ2n) is 6.88. The molecule has 0 aromatic heterocycles. The van der Waals surface area contributed by atoms with Crippen molar-refractivity contribution in [1.82, 2.24) is 4.90 Å². The van der Waals surface area contributed by atoms with Crippen LogP contribution in [0, 0.1) is 0 Å². The van der Waals surface area contributed by atoms with Gasteiger partial charge in [-0.05, 0) is 62.8 Å². The molecule has 1 aromatic carbocycles. The van der Waals surface area contributed by atoms with E-state index in [9.17, 15) is 9.59 Å². The molecule has 0 N–H and O–H groups in total. The van der Waals surface area contributed by atoms with E-state index in [0.717, 1.165) is 24.8 Å². The van der Waals surface area contributed by atoms with Gasteiger partial charge in [0.15, 0.2) is 0 Å². The highest BCUT2D eigenvalue weighted by Gasteiger charge is 2.36. The Labute approximate surface area is 165 Å². The number of hydrogen-bond acceptors (Lipinski definition) is 3. The number of nitrogens with zero attached hydrogens (tertiary/aromatic N) is 1. The number of esters is 1. The number of benzene rings is 1. The van der Waals surface area contributed by atoms with Crippen LogP contribution in [0.3, 0.4) is 0 Å². The van der Waals surface area contributed by atoms with Gasteiger partial charge >= 0.3 is 5.97 Å². The molecule has 1 aliphatic heterocycles. The number of allylic oxidation sites excluding steroid dienone is 2. The zero-order chi connectivity index (χ0) is 19.4. The molecule has 0 unspecified atom stereocenters. The van der Waals surface area contributed by atoms with Crippen molar-refractivity contribution < 1.29 is 14.3 Å². The van der Waals surface area contributed by atoms with Gasteiger partial charge in [-0.3, -0.25) is 4.79 Å². The number of halogens is 1. The van der Waals surface area contributed by atoms with Crippen LogP contribution in [0.4, 0.5) is 0 Å². The van der Waals surface area contributed by atoms with Crippen molar-refractivity contribution in [3.63, 3.8) is 0 Å². The quantitative estimate of drug-likeness (QED) is 0.411. The molecule has 0 bridgehead atoms. The number of carbonyl (C=O) groups excluding carboxylic acids is 2. The van der Waals surface area contributed by atoms with Crippen LogP contribution in [0.15, 0.2) is 52.8 Å². The standard InChI is InChI=1S/C22H24ClNO3/c1-15-20(22(26)27-2)19(14-17-8-10-18(23)11-9-17)21(25)24(15)13-12-16-6-4-3-5-7-16/h6,8-11,14H,3-5,7,12-13H2,1-2H3. The molecule has 1 aromatic rings. The number of amides is 1. The van der Waals surface area contributed by atoms with Gasteiger partial charge in [-0.15, -0.1) is 0 Å². The predicted molar refractivity (Wildman–Crippen MR) is 107 cm³/mol. The average Bonchev–Trinajstić information content (AvgIpc) is 2.92. The minimum absolute atomic E-state index is 0.153. The number of methoxy groups -OCH3 is 1. The fourth-order valence-corrected chi connectivity index (χ4v) is 3.74. The highest BCUT2D eigenvalue weighted by Crippen LogP contribution is 2.32. The monoisotopic (exact) mass is 385 g/mol. The van der Waals surface area contributed by atoms with Crippen LogP contribution in [0.2, 0.25) is 5.02 Å². The molecule has 2 aliphatic rings. The van der Waals surface area contributed by atoms with E-state index in [-0.39, 0.29) is 5.91 Å². The van der Waals surface area contributed by atoms with E-state index in [1.54, 1.807) is 23.1 Å². The van der Waals surface area contributed by atoms with Crippen LogP contribution in [0.25, 0.3) is 6.08 Å². The first-order valence-electron chi connectivity index (χ1n) is 9.28. The van der Waals surface area contributed by atoms with Gasteiger partial charge in [0.1, 0.15) is 0 Å². The zero-order valence-corrected chi connectivity index (χ0v) is 16.5. The normalized spacial score (nSPS) is 18.9. The molecule has 1 amide bonds. The third-order valence-electron chi connectivity index (χ3n) is 5.12. The van der Waals surface area contributed by atoms with Crippen molar-refractivity contribution in [2.75, 3.05) is 13.7 Å². The van der Waals surface area contributed by atoms with E-state index >= 15 is 0 Å². The summed E-state index contributed by atoms with van der Waals surface area (Å²) in [5.41, 5.74) is 3.59. The van der Waals surface area contributed by atoms with Crippen LogP contribution in [-0.2, 0) is 14.3 Å². The molecule has 0 saturated carbocycles. The van der Waals surface area contributed by atoms with Gasteiger partial charge in [-0.1, -0.05) is 35.4 Å². The molecule has 1 aliphatic carbocycles. The van der Waals surface area contributed by atoms with Crippen molar-refractivity contribution in [1.29, 1.82) is 0 Å². The van der Waals surface area contributed by atoms with Crippen LogP contribution in [0.1, 0.15) is 44.6 Å². The second-order valence-corrected chi connectivity index (χ2v) is 7.31. The van der Waals surface area contributed by atoms with Crippen molar-refractivity contribution in [3.05, 3.63) is 63.3 Å². The van der Waals surface area contributed by atoms with Crippen LogP contribution in [-0.4, -0.2) is 30.4 Å². The van der Waals surface area contributed by atoms with E-state index in [1.807, 2.05) is 19.1 Å². The molecule has 0 radical (unpaired) electrons. The maximum absolute atomic E-state index is 13.1. The van der Waals surface area contributed by atoms with E-state index in [2.05, 4.69) is 6.08 Å². The Morgan fingerprint density at radius 3 is 2.63 bits per heavy atom. The summed E-state index contributed by atoms with van der Waals surface area (Å²) in [6.07, 6.45) is 9.53. The van der Waals surface area contributed by atoms with Crippen molar-refractivity contribution >= 4 is 29.6 Å². The lowest BCUT2D eigenvalue weighted by molar-refractivity contribution is -0.136. The second kappa shape index (κ2) is 8.57. The van der Waals surface area contributed by atoms with Gasteiger partial charge in [0, 0.05) is 17.3 Å². The topological polar surface area (TPSA) is 46.6 Å². The van der Waals surface area contributed by atoms with E-state index in [4.69, 9.17) is 16.3 Å². The van der Waals surface area contributed by atoms with Crippen LogP contribution in [0.5, 0.6) is 0 Å². The molecule has 0 fully saturated rings. The van der Waals surface area contributed by atoms with Crippen molar-refractivity contribution in [2.24, 2.45) is 0 Å². The Hall–Kier alpha value is -2.33. The lowest BCUT2D eigenvalue weighted by Gasteiger charge is -2.20. The minimum atomic E-state index is -0.486. The number of carbonyl (C=O) groups is 2. The summed E-state index contributed by atoms with van der Waals surface area (Å²) in [7, 11) is 1.34. The fraction of sp³-hybridized carbons (Fsp3) is 0.364. The van der Waals surface area contributed by atoms with Crippen LogP contribution >= 0.6 is 11.6 Å². The lowest BCUT2D eigenvalue weighted by atomic mass is 9.97. The fourth-order valence-electron chi connectivity index (χ4n) is 3.61. The summed E-state index contributed by atoms with van der Waals surface area (Å²) >= 11 is 5.94. The summed E-state index contributed by atoms with van der Waals surface area (Å²) in [5.74, 6) is -0.639. The number of ether oxygens (including phenoxy) is 1. The summed E-state index contributed by atoms with van der Waals surface area (Å²) in [6.45, 7) is 2.39. The maximum atomic E-state index is 13.1. The molecule has 4 nitrogen and oxygen atoms in total. The summed E-state index contributed by atoms with van der Waals surface area (Å²) in [6, 6.07) is 7.16. The molecule has 5 heteroatoms. The van der Waals surface area contributed by atoms with E-state index < -0.39 is 5.97 Å². The first kappa shape index (κ1) is 19.4. The molecule has 142 valence electrons. The van der Waals surface area contributed by atoms with Crippen molar-refractivity contribution in [3.8, 4) is 0 Å². The maximum Gasteiger partial charge on any atom is 0.340 e. The third-order valence-corrected chi connectivity index (χ3v) is 5.38. The Morgan fingerprint density at radius 1 is 1.26 bits per heavy atom. The van der Waals surface area contributed by atoms with Crippen LogP contribution < -0.4 is 0 Å². The van der Waals surface area contributed by atoms with Gasteiger partial charge in [-0.2, -0.15) is 0 Å².